The minimum atomic E-state index is 0.883. The molecule has 1 aromatic carbocycles. The van der Waals surface area contributed by atoms with E-state index in [0.29, 0.717) is 0 Å². The van der Waals surface area contributed by atoms with Crippen LogP contribution in [0, 0.1) is 0 Å². The topological polar surface area (TPSA) is 41.9 Å². The number of rotatable bonds is 4. The van der Waals surface area contributed by atoms with Crippen LogP contribution in [0.25, 0.3) is 11.0 Å². The smallest absolute Gasteiger partial charge is 0.203 e. The number of benzene rings is 1. The molecule has 0 saturated carbocycles. The quantitative estimate of drug-likeness (QED) is 0.735. The fraction of sp³-hybridized carbons (Fsp3) is 0.364. The molecule has 0 aliphatic carbocycles. The number of aromatic nitrogens is 2. The number of para-hydroxylation sites is 2. The van der Waals surface area contributed by atoms with Gasteiger partial charge in [0.2, 0.25) is 5.95 Å². The number of fused-ring (bicyclic) bond motifs is 1. The van der Waals surface area contributed by atoms with Gasteiger partial charge in [0.15, 0.2) is 0 Å². The third-order valence-electron chi connectivity index (χ3n) is 2.45. The van der Waals surface area contributed by atoms with Gasteiger partial charge in [0.1, 0.15) is 0 Å². The zero-order valence-corrected chi connectivity index (χ0v) is 9.12. The largest absolute Gasteiger partial charge is 0.354 e. The van der Waals surface area contributed by atoms with E-state index in [4.69, 9.17) is 0 Å². The molecule has 80 valence electrons. The summed E-state index contributed by atoms with van der Waals surface area (Å²) < 4.78 is 2.07. The fourth-order valence-electron chi connectivity index (χ4n) is 1.60. The van der Waals surface area contributed by atoms with Gasteiger partial charge in [-0.15, -0.1) is 0 Å². The second-order valence-electron chi connectivity index (χ2n) is 3.51. The summed E-state index contributed by atoms with van der Waals surface area (Å²) in [5, 5.41) is 6.38. The zero-order chi connectivity index (χ0) is 10.7. The summed E-state index contributed by atoms with van der Waals surface area (Å²) in [4.78, 5) is 4.51. The molecule has 0 aliphatic heterocycles. The van der Waals surface area contributed by atoms with Crippen LogP contribution >= 0.6 is 0 Å². The van der Waals surface area contributed by atoms with Crippen molar-refractivity contribution >= 4 is 17.0 Å². The SMILES string of the molecule is CNCCNc1nc2ccccc2n1C. The van der Waals surface area contributed by atoms with E-state index in [-0.39, 0.29) is 0 Å². The first-order valence-corrected chi connectivity index (χ1v) is 5.13. The molecule has 0 fully saturated rings. The first kappa shape index (κ1) is 9.98. The molecule has 1 heterocycles. The summed E-state index contributed by atoms with van der Waals surface area (Å²) in [6.45, 7) is 1.82. The molecular formula is C11H16N4. The number of anilines is 1. The highest BCUT2D eigenvalue weighted by Crippen LogP contribution is 2.16. The Morgan fingerprint density at radius 2 is 2.07 bits per heavy atom. The maximum Gasteiger partial charge on any atom is 0.203 e. The van der Waals surface area contributed by atoms with Crippen molar-refractivity contribution < 1.29 is 0 Å². The molecule has 0 atom stereocenters. The summed E-state index contributed by atoms with van der Waals surface area (Å²) in [7, 11) is 3.97. The van der Waals surface area contributed by atoms with Crippen LogP contribution < -0.4 is 10.6 Å². The van der Waals surface area contributed by atoms with Gasteiger partial charge in [-0.25, -0.2) is 4.98 Å². The second-order valence-corrected chi connectivity index (χ2v) is 3.51. The van der Waals surface area contributed by atoms with Crippen LogP contribution in [-0.2, 0) is 7.05 Å². The van der Waals surface area contributed by atoms with Crippen LogP contribution in [0.1, 0.15) is 0 Å². The number of nitrogens with zero attached hydrogens (tertiary/aromatic N) is 2. The Balaban J connectivity index is 2.24. The van der Waals surface area contributed by atoms with Crippen LogP contribution in [0.4, 0.5) is 5.95 Å². The average Bonchev–Trinajstić information content (AvgIpc) is 2.57. The van der Waals surface area contributed by atoms with E-state index in [0.717, 1.165) is 30.1 Å². The molecule has 0 unspecified atom stereocenters. The lowest BCUT2D eigenvalue weighted by molar-refractivity contribution is 0.810. The Labute approximate surface area is 89.3 Å². The molecule has 15 heavy (non-hydrogen) atoms. The van der Waals surface area contributed by atoms with E-state index in [9.17, 15) is 0 Å². The molecule has 0 amide bonds. The molecule has 2 rings (SSSR count). The summed E-state index contributed by atoms with van der Waals surface area (Å²) in [5.74, 6) is 0.923. The maximum atomic E-state index is 4.51. The highest BCUT2D eigenvalue weighted by atomic mass is 15.2. The van der Waals surface area contributed by atoms with Gasteiger partial charge in [-0.05, 0) is 19.2 Å². The Morgan fingerprint density at radius 1 is 1.27 bits per heavy atom. The van der Waals surface area contributed by atoms with Crippen molar-refractivity contribution in [2.24, 2.45) is 7.05 Å². The molecule has 1 aromatic heterocycles. The van der Waals surface area contributed by atoms with Crippen molar-refractivity contribution in [1.29, 1.82) is 0 Å². The Hall–Kier alpha value is -1.55. The molecule has 2 aromatic rings. The van der Waals surface area contributed by atoms with Gasteiger partial charge in [0.05, 0.1) is 11.0 Å². The third kappa shape index (κ3) is 1.94. The van der Waals surface area contributed by atoms with Crippen molar-refractivity contribution in [2.45, 2.75) is 0 Å². The molecule has 0 saturated heterocycles. The van der Waals surface area contributed by atoms with E-state index >= 15 is 0 Å². The number of imidazole rings is 1. The Morgan fingerprint density at radius 3 is 2.80 bits per heavy atom. The zero-order valence-electron chi connectivity index (χ0n) is 9.12. The van der Waals surface area contributed by atoms with E-state index in [1.807, 2.05) is 32.3 Å². The number of nitrogens with one attached hydrogen (secondary N) is 2. The number of hydrogen-bond donors (Lipinski definition) is 2. The van der Waals surface area contributed by atoms with Crippen LogP contribution in [0.2, 0.25) is 0 Å². The summed E-state index contributed by atoms with van der Waals surface area (Å²) in [6, 6.07) is 8.14. The van der Waals surface area contributed by atoms with E-state index in [2.05, 4.69) is 26.3 Å². The van der Waals surface area contributed by atoms with Crippen LogP contribution in [0.15, 0.2) is 24.3 Å². The lowest BCUT2D eigenvalue weighted by atomic mass is 10.3. The maximum absolute atomic E-state index is 4.51. The molecule has 0 radical (unpaired) electrons. The van der Waals surface area contributed by atoms with Crippen LogP contribution in [0.3, 0.4) is 0 Å². The van der Waals surface area contributed by atoms with Gasteiger partial charge in [-0.2, -0.15) is 0 Å². The molecule has 0 bridgehead atoms. The first-order chi connectivity index (χ1) is 7.33. The minimum Gasteiger partial charge on any atom is -0.354 e. The first-order valence-electron chi connectivity index (χ1n) is 5.13. The number of hydrogen-bond acceptors (Lipinski definition) is 3. The van der Waals surface area contributed by atoms with Gasteiger partial charge in [0, 0.05) is 20.1 Å². The van der Waals surface area contributed by atoms with Crippen LogP contribution in [-0.4, -0.2) is 29.7 Å². The lowest BCUT2D eigenvalue weighted by Gasteiger charge is -2.04. The van der Waals surface area contributed by atoms with E-state index < -0.39 is 0 Å². The predicted octanol–water partition coefficient (Wildman–Crippen LogP) is 1.20. The van der Waals surface area contributed by atoms with Crippen molar-refractivity contribution in [3.05, 3.63) is 24.3 Å². The van der Waals surface area contributed by atoms with Crippen LogP contribution in [0.5, 0.6) is 0 Å². The Bertz CT molecular complexity index is 447. The molecule has 0 aliphatic rings. The van der Waals surface area contributed by atoms with E-state index in [1.165, 1.54) is 0 Å². The van der Waals surface area contributed by atoms with Crippen molar-refractivity contribution in [1.82, 2.24) is 14.9 Å². The normalized spacial score (nSPS) is 10.8. The van der Waals surface area contributed by atoms with Gasteiger partial charge < -0.3 is 15.2 Å². The summed E-state index contributed by atoms with van der Waals surface area (Å²) >= 11 is 0. The molecule has 0 spiro atoms. The Kier molecular flexibility index (Phi) is 2.87. The minimum absolute atomic E-state index is 0.883. The fourth-order valence-corrected chi connectivity index (χ4v) is 1.60. The highest BCUT2D eigenvalue weighted by Gasteiger charge is 2.04. The lowest BCUT2D eigenvalue weighted by Crippen LogP contribution is -2.19. The predicted molar refractivity (Wildman–Crippen MR) is 63.1 cm³/mol. The highest BCUT2D eigenvalue weighted by molar-refractivity contribution is 5.78. The van der Waals surface area contributed by atoms with Crippen molar-refractivity contribution in [3.8, 4) is 0 Å². The molecule has 4 heteroatoms. The number of aryl methyl sites for hydroxylation is 1. The van der Waals surface area contributed by atoms with Gasteiger partial charge in [-0.3, -0.25) is 0 Å². The molecular weight excluding hydrogens is 188 g/mol. The average molecular weight is 204 g/mol. The molecule has 4 nitrogen and oxygen atoms in total. The van der Waals surface area contributed by atoms with Gasteiger partial charge in [0.25, 0.3) is 0 Å². The van der Waals surface area contributed by atoms with Crippen molar-refractivity contribution in [3.63, 3.8) is 0 Å². The van der Waals surface area contributed by atoms with Crippen molar-refractivity contribution in [2.75, 3.05) is 25.5 Å². The van der Waals surface area contributed by atoms with Gasteiger partial charge in [-0.1, -0.05) is 12.1 Å². The molecule has 2 N–H and O–H groups in total. The van der Waals surface area contributed by atoms with E-state index in [1.54, 1.807) is 0 Å². The monoisotopic (exact) mass is 204 g/mol. The third-order valence-corrected chi connectivity index (χ3v) is 2.45. The van der Waals surface area contributed by atoms with Gasteiger partial charge >= 0.3 is 0 Å². The summed E-state index contributed by atoms with van der Waals surface area (Å²) in [5.41, 5.74) is 2.19. The number of likely N-dealkylation sites (N-methyl/N-ethyl adjacent to an activating group) is 1. The summed E-state index contributed by atoms with van der Waals surface area (Å²) in [6.07, 6.45) is 0. The standard InChI is InChI=1S/C11H16N4/c1-12-7-8-13-11-14-9-5-3-4-6-10(9)15(11)2/h3-6,12H,7-8H2,1-2H3,(H,13,14). The second kappa shape index (κ2) is 4.31.